The number of nitrogens with zero attached hydrogens (tertiary/aromatic N) is 1. The van der Waals surface area contributed by atoms with Crippen LogP contribution in [0, 0.1) is 29.6 Å². The molecule has 2 bridgehead atoms. The average molecular weight is 282 g/mol. The molecule has 3 heteroatoms. The summed E-state index contributed by atoms with van der Waals surface area (Å²) in [7, 11) is 0. The molecule has 0 aromatic heterocycles. The molecule has 1 heterocycles. The lowest BCUT2D eigenvalue weighted by Crippen LogP contribution is -2.42. The monoisotopic (exact) mass is 281 g/mol. The lowest BCUT2D eigenvalue weighted by Gasteiger charge is -2.29. The van der Waals surface area contributed by atoms with Gasteiger partial charge in [-0.2, -0.15) is 0 Å². The Bertz CT molecular complexity index is 369. The van der Waals surface area contributed by atoms with E-state index in [9.17, 15) is 4.79 Å². The minimum atomic E-state index is 0.315. The molecule has 1 aliphatic heterocycles. The first-order valence-corrected chi connectivity index (χ1v) is 8.71. The minimum Gasteiger partial charge on any atom is -0.338 e. The van der Waals surface area contributed by atoms with E-state index in [-0.39, 0.29) is 0 Å². The SMILES string of the molecule is O=C(C1C2C3CCC(C3)C12)N1CCCCCC1CCl. The smallest absolute Gasteiger partial charge is 0.226 e. The number of hydrogen-bond acceptors (Lipinski definition) is 1. The molecule has 5 atom stereocenters. The standard InChI is InChI=1S/C16H24ClNO/c17-9-12-4-2-1-3-7-18(12)16(19)15-13-10-5-6-11(8-10)14(13)15/h10-15H,1-9H2. The molecule has 4 aliphatic rings. The molecule has 2 nitrogen and oxygen atoms in total. The van der Waals surface area contributed by atoms with Crippen LogP contribution in [0.25, 0.3) is 0 Å². The number of rotatable bonds is 2. The van der Waals surface area contributed by atoms with Gasteiger partial charge < -0.3 is 4.90 Å². The second kappa shape index (κ2) is 4.65. The third kappa shape index (κ3) is 1.86. The normalized spacial score (nSPS) is 47.9. The van der Waals surface area contributed by atoms with Crippen LogP contribution in [0.4, 0.5) is 0 Å². The molecule has 0 spiro atoms. The summed E-state index contributed by atoms with van der Waals surface area (Å²) in [6.07, 6.45) is 9.02. The molecule has 106 valence electrons. The number of amides is 1. The maximum absolute atomic E-state index is 12.9. The van der Waals surface area contributed by atoms with E-state index in [0.717, 1.165) is 36.6 Å². The van der Waals surface area contributed by atoms with Crippen LogP contribution < -0.4 is 0 Å². The summed E-state index contributed by atoms with van der Waals surface area (Å²) in [5.41, 5.74) is 0. The molecule has 0 aromatic rings. The zero-order chi connectivity index (χ0) is 13.0. The van der Waals surface area contributed by atoms with Crippen LogP contribution >= 0.6 is 11.6 Å². The number of likely N-dealkylation sites (tertiary alicyclic amines) is 1. The number of carbonyl (C=O) groups excluding carboxylic acids is 1. The van der Waals surface area contributed by atoms with E-state index in [0.29, 0.717) is 23.7 Å². The van der Waals surface area contributed by atoms with Gasteiger partial charge in [0.25, 0.3) is 0 Å². The van der Waals surface area contributed by atoms with Crippen molar-refractivity contribution in [3.05, 3.63) is 0 Å². The molecule has 19 heavy (non-hydrogen) atoms. The third-order valence-electron chi connectivity index (χ3n) is 6.36. The second-order valence-electron chi connectivity index (χ2n) is 7.20. The molecule has 0 N–H and O–H groups in total. The summed E-state index contributed by atoms with van der Waals surface area (Å²) in [4.78, 5) is 15.1. The molecule has 0 radical (unpaired) electrons. The minimum absolute atomic E-state index is 0.315. The fourth-order valence-electron chi connectivity index (χ4n) is 5.47. The zero-order valence-corrected chi connectivity index (χ0v) is 12.3. The fourth-order valence-corrected chi connectivity index (χ4v) is 5.80. The summed E-state index contributed by atoms with van der Waals surface area (Å²) in [6, 6.07) is 0.315. The van der Waals surface area contributed by atoms with E-state index in [1.807, 2.05) is 0 Å². The van der Waals surface area contributed by atoms with Gasteiger partial charge in [0.05, 0.1) is 0 Å². The summed E-state index contributed by atoms with van der Waals surface area (Å²) >= 11 is 6.11. The largest absolute Gasteiger partial charge is 0.338 e. The Kier molecular flexibility index (Phi) is 3.06. The number of halogens is 1. The summed E-state index contributed by atoms with van der Waals surface area (Å²) in [5, 5.41) is 0. The van der Waals surface area contributed by atoms with Crippen molar-refractivity contribution in [1.29, 1.82) is 0 Å². The summed E-state index contributed by atoms with van der Waals surface area (Å²) in [6.45, 7) is 0.960. The van der Waals surface area contributed by atoms with Crippen molar-refractivity contribution in [1.82, 2.24) is 4.90 Å². The highest BCUT2D eigenvalue weighted by molar-refractivity contribution is 6.18. The average Bonchev–Trinajstić information content (AvgIpc) is 2.99. The van der Waals surface area contributed by atoms with Crippen molar-refractivity contribution in [3.63, 3.8) is 0 Å². The van der Waals surface area contributed by atoms with Crippen molar-refractivity contribution in [2.24, 2.45) is 29.6 Å². The number of carbonyl (C=O) groups is 1. The van der Waals surface area contributed by atoms with Crippen LogP contribution in [0.1, 0.15) is 44.9 Å². The predicted octanol–water partition coefficient (Wildman–Crippen LogP) is 3.29. The Labute approximate surface area is 120 Å². The molecule has 3 saturated carbocycles. The summed E-state index contributed by atoms with van der Waals surface area (Å²) in [5.74, 6) is 4.82. The van der Waals surface area contributed by atoms with E-state index in [2.05, 4.69) is 4.90 Å². The van der Waals surface area contributed by atoms with Gasteiger partial charge >= 0.3 is 0 Å². The molecule has 3 aliphatic carbocycles. The molecule has 5 unspecified atom stereocenters. The number of alkyl halides is 1. The highest BCUT2D eigenvalue weighted by Gasteiger charge is 2.68. The highest BCUT2D eigenvalue weighted by Crippen LogP contribution is 2.69. The maximum atomic E-state index is 12.9. The van der Waals surface area contributed by atoms with E-state index in [1.54, 1.807) is 0 Å². The van der Waals surface area contributed by atoms with Gasteiger partial charge in [-0.25, -0.2) is 0 Å². The summed E-state index contributed by atoms with van der Waals surface area (Å²) < 4.78 is 0. The third-order valence-corrected chi connectivity index (χ3v) is 6.72. The number of fused-ring (bicyclic) bond motifs is 5. The molecule has 0 aromatic carbocycles. The Hall–Kier alpha value is -0.240. The highest BCUT2D eigenvalue weighted by atomic mass is 35.5. The van der Waals surface area contributed by atoms with Crippen LogP contribution in [-0.2, 0) is 4.79 Å². The van der Waals surface area contributed by atoms with E-state index in [4.69, 9.17) is 11.6 Å². The van der Waals surface area contributed by atoms with Crippen molar-refractivity contribution >= 4 is 17.5 Å². The molecule has 4 rings (SSSR count). The first kappa shape index (κ1) is 12.5. The van der Waals surface area contributed by atoms with E-state index in [1.165, 1.54) is 38.5 Å². The van der Waals surface area contributed by atoms with Gasteiger partial charge in [-0.15, -0.1) is 11.6 Å². The van der Waals surface area contributed by atoms with Gasteiger partial charge in [0.2, 0.25) is 5.91 Å². The van der Waals surface area contributed by atoms with Crippen LogP contribution in [-0.4, -0.2) is 29.3 Å². The molecular formula is C16H24ClNO. The van der Waals surface area contributed by atoms with E-state index < -0.39 is 0 Å². The Balaban J connectivity index is 1.48. The van der Waals surface area contributed by atoms with Gasteiger partial charge in [0.15, 0.2) is 0 Å². The first-order chi connectivity index (χ1) is 9.31. The van der Waals surface area contributed by atoms with Crippen LogP contribution in [0.3, 0.4) is 0 Å². The molecular weight excluding hydrogens is 258 g/mol. The van der Waals surface area contributed by atoms with Gasteiger partial charge in [0, 0.05) is 24.4 Å². The second-order valence-corrected chi connectivity index (χ2v) is 7.51. The first-order valence-electron chi connectivity index (χ1n) is 8.17. The van der Waals surface area contributed by atoms with Gasteiger partial charge in [-0.1, -0.05) is 12.8 Å². The Morgan fingerprint density at radius 3 is 2.47 bits per heavy atom. The van der Waals surface area contributed by atoms with Crippen molar-refractivity contribution in [2.45, 2.75) is 51.0 Å². The Morgan fingerprint density at radius 1 is 1.05 bits per heavy atom. The lowest BCUT2D eigenvalue weighted by molar-refractivity contribution is -0.135. The van der Waals surface area contributed by atoms with Crippen LogP contribution in [0.2, 0.25) is 0 Å². The van der Waals surface area contributed by atoms with Gasteiger partial charge in [0.1, 0.15) is 0 Å². The fraction of sp³-hybridized carbons (Fsp3) is 0.938. The van der Waals surface area contributed by atoms with Gasteiger partial charge in [-0.05, 0) is 55.8 Å². The zero-order valence-electron chi connectivity index (χ0n) is 11.6. The molecule has 1 amide bonds. The van der Waals surface area contributed by atoms with Crippen molar-refractivity contribution < 1.29 is 4.79 Å². The topological polar surface area (TPSA) is 20.3 Å². The lowest BCUT2D eigenvalue weighted by atomic mass is 10.0. The van der Waals surface area contributed by atoms with Gasteiger partial charge in [-0.3, -0.25) is 4.79 Å². The maximum Gasteiger partial charge on any atom is 0.226 e. The Morgan fingerprint density at radius 2 is 1.79 bits per heavy atom. The molecule has 1 saturated heterocycles. The molecule has 4 fully saturated rings. The van der Waals surface area contributed by atoms with Crippen LogP contribution in [0.5, 0.6) is 0 Å². The number of hydrogen-bond donors (Lipinski definition) is 0. The van der Waals surface area contributed by atoms with Crippen molar-refractivity contribution in [3.8, 4) is 0 Å². The quantitative estimate of drug-likeness (QED) is 0.711. The predicted molar refractivity (Wildman–Crippen MR) is 76.0 cm³/mol. The van der Waals surface area contributed by atoms with E-state index >= 15 is 0 Å². The van der Waals surface area contributed by atoms with Crippen molar-refractivity contribution in [2.75, 3.05) is 12.4 Å². The van der Waals surface area contributed by atoms with Crippen LogP contribution in [0.15, 0.2) is 0 Å².